The molecule has 0 spiro atoms. The van der Waals surface area contributed by atoms with Gasteiger partial charge in [0.15, 0.2) is 0 Å². The summed E-state index contributed by atoms with van der Waals surface area (Å²) in [5.74, 6) is -3.43. The Morgan fingerprint density at radius 3 is 2.44 bits per heavy atom. The molecule has 1 aromatic rings. The topological polar surface area (TPSA) is 102 Å². The number of esters is 1. The second kappa shape index (κ2) is 7.43. The standard InChI is InChI=1S/C17H20N2O6/c1-4-13(20)25-17(11(2)12-8-6-5-7-9-12)14(21)18-16(23)19(10-24-3)15(17)22/h5-9,11H,4,10H2,1-3H3,(H,18,21,23). The summed E-state index contributed by atoms with van der Waals surface area (Å²) in [4.78, 5) is 50.3. The quantitative estimate of drug-likeness (QED) is 0.611. The molecule has 1 fully saturated rings. The van der Waals surface area contributed by atoms with Crippen LogP contribution in [0.25, 0.3) is 0 Å². The Labute approximate surface area is 145 Å². The lowest BCUT2D eigenvalue weighted by Crippen LogP contribution is -2.71. The molecule has 25 heavy (non-hydrogen) atoms. The number of urea groups is 1. The van der Waals surface area contributed by atoms with Crippen LogP contribution in [0.5, 0.6) is 0 Å². The number of nitrogens with one attached hydrogen (secondary N) is 1. The van der Waals surface area contributed by atoms with E-state index in [0.29, 0.717) is 10.5 Å². The minimum Gasteiger partial charge on any atom is -0.438 e. The summed E-state index contributed by atoms with van der Waals surface area (Å²) < 4.78 is 10.2. The predicted molar refractivity (Wildman–Crippen MR) is 86.2 cm³/mol. The van der Waals surface area contributed by atoms with Crippen LogP contribution in [-0.2, 0) is 23.9 Å². The maximum absolute atomic E-state index is 13.0. The number of hydrogen-bond acceptors (Lipinski definition) is 6. The van der Waals surface area contributed by atoms with Crippen molar-refractivity contribution in [1.29, 1.82) is 0 Å². The molecule has 2 atom stereocenters. The van der Waals surface area contributed by atoms with Gasteiger partial charge >= 0.3 is 12.0 Å². The SMILES string of the molecule is CCC(=O)OC1(C(C)c2ccccc2)C(=O)NC(=O)N(COC)C1=O. The predicted octanol–water partition coefficient (Wildman–Crippen LogP) is 1.16. The van der Waals surface area contributed by atoms with Crippen LogP contribution in [0.2, 0.25) is 0 Å². The van der Waals surface area contributed by atoms with Crippen LogP contribution in [0.4, 0.5) is 4.79 Å². The van der Waals surface area contributed by atoms with Crippen molar-refractivity contribution in [2.24, 2.45) is 0 Å². The van der Waals surface area contributed by atoms with Gasteiger partial charge in [0.05, 0.1) is 0 Å². The van der Waals surface area contributed by atoms with Crippen molar-refractivity contribution in [3.8, 4) is 0 Å². The number of methoxy groups -OCH3 is 1. The van der Waals surface area contributed by atoms with Gasteiger partial charge in [-0.05, 0) is 5.56 Å². The summed E-state index contributed by atoms with van der Waals surface area (Å²) >= 11 is 0. The van der Waals surface area contributed by atoms with E-state index in [4.69, 9.17) is 9.47 Å². The lowest BCUT2D eigenvalue weighted by atomic mass is 9.80. The molecule has 1 N–H and O–H groups in total. The van der Waals surface area contributed by atoms with E-state index in [9.17, 15) is 19.2 Å². The van der Waals surface area contributed by atoms with Crippen LogP contribution >= 0.6 is 0 Å². The number of barbiturate groups is 1. The molecule has 0 bridgehead atoms. The van der Waals surface area contributed by atoms with Crippen molar-refractivity contribution in [2.45, 2.75) is 31.8 Å². The van der Waals surface area contributed by atoms with Crippen LogP contribution < -0.4 is 5.32 Å². The van der Waals surface area contributed by atoms with Crippen molar-refractivity contribution in [2.75, 3.05) is 13.8 Å². The molecule has 0 saturated carbocycles. The highest BCUT2D eigenvalue weighted by atomic mass is 16.6. The maximum Gasteiger partial charge on any atom is 0.332 e. The van der Waals surface area contributed by atoms with Crippen molar-refractivity contribution in [3.05, 3.63) is 35.9 Å². The Bertz CT molecular complexity index is 690. The van der Waals surface area contributed by atoms with Crippen LogP contribution in [0, 0.1) is 0 Å². The van der Waals surface area contributed by atoms with E-state index >= 15 is 0 Å². The molecule has 1 saturated heterocycles. The summed E-state index contributed by atoms with van der Waals surface area (Å²) in [5, 5.41) is 2.09. The Kier molecular flexibility index (Phi) is 5.53. The van der Waals surface area contributed by atoms with Crippen LogP contribution in [-0.4, -0.2) is 48.2 Å². The third-order valence-electron chi connectivity index (χ3n) is 4.10. The number of amides is 4. The molecule has 0 radical (unpaired) electrons. The molecule has 1 aromatic carbocycles. The molecule has 1 aliphatic rings. The number of carbonyl (C=O) groups excluding carboxylic acids is 4. The highest BCUT2D eigenvalue weighted by Gasteiger charge is 2.60. The molecular formula is C17H20N2O6. The fourth-order valence-corrected chi connectivity index (χ4v) is 2.68. The van der Waals surface area contributed by atoms with Gasteiger partial charge in [-0.25, -0.2) is 9.69 Å². The zero-order chi connectivity index (χ0) is 18.6. The molecule has 2 unspecified atom stereocenters. The highest BCUT2D eigenvalue weighted by Crippen LogP contribution is 2.36. The minimum atomic E-state index is -2.18. The molecule has 8 heteroatoms. The molecule has 134 valence electrons. The van der Waals surface area contributed by atoms with E-state index in [1.807, 2.05) is 0 Å². The first-order valence-electron chi connectivity index (χ1n) is 7.81. The van der Waals surface area contributed by atoms with Crippen molar-refractivity contribution >= 4 is 23.8 Å². The average Bonchev–Trinajstić information content (AvgIpc) is 2.62. The third-order valence-corrected chi connectivity index (χ3v) is 4.10. The number of nitrogens with zero attached hydrogens (tertiary/aromatic N) is 1. The van der Waals surface area contributed by atoms with E-state index < -0.39 is 35.3 Å². The van der Waals surface area contributed by atoms with Gasteiger partial charge in [-0.2, -0.15) is 0 Å². The monoisotopic (exact) mass is 348 g/mol. The Hall–Kier alpha value is -2.74. The first-order chi connectivity index (χ1) is 11.9. The first kappa shape index (κ1) is 18.6. The van der Waals surface area contributed by atoms with E-state index in [1.165, 1.54) is 7.11 Å². The smallest absolute Gasteiger partial charge is 0.332 e. The number of imide groups is 2. The fourth-order valence-electron chi connectivity index (χ4n) is 2.68. The van der Waals surface area contributed by atoms with Crippen LogP contribution in [0.3, 0.4) is 0 Å². The summed E-state index contributed by atoms with van der Waals surface area (Å²) in [6.45, 7) is 2.77. The highest BCUT2D eigenvalue weighted by molar-refractivity contribution is 6.22. The lowest BCUT2D eigenvalue weighted by Gasteiger charge is -2.41. The van der Waals surface area contributed by atoms with E-state index in [2.05, 4.69) is 5.32 Å². The second-order valence-corrected chi connectivity index (χ2v) is 5.61. The van der Waals surface area contributed by atoms with Gasteiger partial charge in [0.25, 0.3) is 17.4 Å². The van der Waals surface area contributed by atoms with Gasteiger partial charge in [0.1, 0.15) is 6.73 Å². The largest absolute Gasteiger partial charge is 0.438 e. The van der Waals surface area contributed by atoms with Gasteiger partial charge in [0.2, 0.25) is 0 Å². The summed E-state index contributed by atoms with van der Waals surface area (Å²) in [6.07, 6.45) is -0.0258. The van der Waals surface area contributed by atoms with Crippen LogP contribution in [0.15, 0.2) is 30.3 Å². The number of carbonyl (C=O) groups is 4. The molecule has 4 amide bonds. The molecule has 1 heterocycles. The van der Waals surface area contributed by atoms with Gasteiger partial charge in [-0.1, -0.05) is 44.2 Å². The zero-order valence-electron chi connectivity index (χ0n) is 14.3. The van der Waals surface area contributed by atoms with Crippen molar-refractivity contribution in [1.82, 2.24) is 10.2 Å². The van der Waals surface area contributed by atoms with Gasteiger partial charge < -0.3 is 9.47 Å². The lowest BCUT2D eigenvalue weighted by molar-refractivity contribution is -0.184. The number of ether oxygens (including phenoxy) is 2. The Morgan fingerprint density at radius 1 is 1.24 bits per heavy atom. The van der Waals surface area contributed by atoms with E-state index in [0.717, 1.165) is 0 Å². The zero-order valence-corrected chi connectivity index (χ0v) is 14.3. The maximum atomic E-state index is 13.0. The van der Waals surface area contributed by atoms with E-state index in [1.54, 1.807) is 44.2 Å². The number of benzene rings is 1. The van der Waals surface area contributed by atoms with Crippen molar-refractivity contribution < 1.29 is 28.7 Å². The molecule has 0 aromatic heterocycles. The van der Waals surface area contributed by atoms with Crippen molar-refractivity contribution in [3.63, 3.8) is 0 Å². The molecular weight excluding hydrogens is 328 g/mol. The molecule has 8 nitrogen and oxygen atoms in total. The molecule has 2 rings (SSSR count). The Balaban J connectivity index is 2.56. The molecule has 0 aliphatic carbocycles. The average molecular weight is 348 g/mol. The van der Waals surface area contributed by atoms with Crippen LogP contribution in [0.1, 0.15) is 31.7 Å². The minimum absolute atomic E-state index is 0.0258. The first-order valence-corrected chi connectivity index (χ1v) is 7.81. The van der Waals surface area contributed by atoms with Gasteiger partial charge in [0, 0.05) is 19.4 Å². The third kappa shape index (κ3) is 3.25. The molecule has 1 aliphatic heterocycles. The van der Waals surface area contributed by atoms with E-state index in [-0.39, 0.29) is 13.2 Å². The summed E-state index contributed by atoms with van der Waals surface area (Å²) in [7, 11) is 1.30. The second-order valence-electron chi connectivity index (χ2n) is 5.61. The Morgan fingerprint density at radius 2 is 1.88 bits per heavy atom. The summed E-state index contributed by atoms with van der Waals surface area (Å²) in [6, 6.07) is 7.77. The normalized spacial score (nSPS) is 21.7. The van der Waals surface area contributed by atoms with Gasteiger partial charge in [-0.3, -0.25) is 19.7 Å². The fraction of sp³-hybridized carbons (Fsp3) is 0.412. The van der Waals surface area contributed by atoms with Gasteiger partial charge in [-0.15, -0.1) is 0 Å². The number of rotatable bonds is 6. The summed E-state index contributed by atoms with van der Waals surface area (Å²) in [5.41, 5.74) is -1.57. The number of hydrogen-bond donors (Lipinski definition) is 1.